The Bertz CT molecular complexity index is 967. The van der Waals surface area contributed by atoms with Crippen molar-refractivity contribution >= 4 is 11.0 Å². The predicted molar refractivity (Wildman–Crippen MR) is 94.8 cm³/mol. The zero-order chi connectivity index (χ0) is 15.8. The number of imidazole rings is 1. The summed E-state index contributed by atoms with van der Waals surface area (Å²) in [5, 5.41) is 0. The molecule has 4 rings (SSSR count). The molecule has 0 saturated carbocycles. The van der Waals surface area contributed by atoms with Crippen LogP contribution >= 0.6 is 0 Å². The minimum atomic E-state index is 0. The molecule has 0 atom stereocenters. The number of benzene rings is 3. The normalized spacial score (nSPS) is 10.6. The van der Waals surface area contributed by atoms with Gasteiger partial charge in [-0.2, -0.15) is 0 Å². The average molecular weight is 490 g/mol. The Labute approximate surface area is 155 Å². The van der Waals surface area contributed by atoms with Gasteiger partial charge >= 0.3 is 0 Å². The van der Waals surface area contributed by atoms with Gasteiger partial charge in [-0.25, -0.2) is 0 Å². The predicted octanol–water partition coefficient (Wildman–Crippen LogP) is 5.11. The summed E-state index contributed by atoms with van der Waals surface area (Å²) in [6.45, 7) is 4.30. The molecule has 0 aliphatic carbocycles. The zero-order valence-electron chi connectivity index (χ0n) is 13.6. The molecule has 1 aromatic heterocycles. The summed E-state index contributed by atoms with van der Waals surface area (Å²) < 4.78 is 2.26. The Hall–Kier alpha value is -2.22. The Balaban J connectivity index is 0.00000169. The second-order valence-corrected chi connectivity index (χ2v) is 5.78. The van der Waals surface area contributed by atoms with Crippen LogP contribution in [0.15, 0.2) is 66.7 Å². The van der Waals surface area contributed by atoms with E-state index in [1.165, 1.54) is 16.8 Å². The number of fused-ring (bicyclic) bond motifs is 1. The largest absolute Gasteiger partial charge is 0.333 e. The maximum absolute atomic E-state index is 4.87. The maximum Gasteiger partial charge on any atom is 0.0774 e. The number of para-hydroxylation sites is 3. The molecule has 0 aliphatic heterocycles. The van der Waals surface area contributed by atoms with Crippen LogP contribution in [0.1, 0.15) is 11.1 Å². The minimum absolute atomic E-state index is 0. The van der Waals surface area contributed by atoms with Crippen molar-refractivity contribution in [3.05, 3.63) is 83.9 Å². The van der Waals surface area contributed by atoms with Crippen molar-refractivity contribution in [1.29, 1.82) is 0 Å². The van der Waals surface area contributed by atoms with Gasteiger partial charge in [-0.15, -0.1) is 35.9 Å². The molecule has 3 heteroatoms. The van der Waals surface area contributed by atoms with Gasteiger partial charge in [-0.1, -0.05) is 30.3 Å². The van der Waals surface area contributed by atoms with Crippen LogP contribution in [0.2, 0.25) is 0 Å². The molecular formula is C21H17IrN2-. The second kappa shape index (κ2) is 6.72. The molecule has 1 heterocycles. The topological polar surface area (TPSA) is 17.8 Å². The van der Waals surface area contributed by atoms with Crippen LogP contribution in [0.3, 0.4) is 0 Å². The van der Waals surface area contributed by atoms with Crippen molar-refractivity contribution in [2.45, 2.75) is 13.8 Å². The summed E-state index contributed by atoms with van der Waals surface area (Å²) in [6, 6.07) is 26.0. The number of aromatic nitrogens is 2. The van der Waals surface area contributed by atoms with E-state index in [4.69, 9.17) is 4.98 Å². The first-order valence-corrected chi connectivity index (χ1v) is 7.77. The Morgan fingerprint density at radius 3 is 2.25 bits per heavy atom. The maximum atomic E-state index is 4.87. The Morgan fingerprint density at radius 2 is 1.54 bits per heavy atom. The van der Waals surface area contributed by atoms with Crippen LogP contribution in [-0.4, -0.2) is 9.55 Å². The van der Waals surface area contributed by atoms with Crippen molar-refractivity contribution in [1.82, 2.24) is 9.55 Å². The van der Waals surface area contributed by atoms with Crippen LogP contribution in [0, 0.1) is 19.9 Å². The van der Waals surface area contributed by atoms with E-state index in [1.807, 2.05) is 24.3 Å². The average Bonchev–Trinajstić information content (AvgIpc) is 2.95. The van der Waals surface area contributed by atoms with Gasteiger partial charge in [0.1, 0.15) is 0 Å². The van der Waals surface area contributed by atoms with Gasteiger partial charge < -0.3 is 4.57 Å². The van der Waals surface area contributed by atoms with Crippen molar-refractivity contribution < 1.29 is 20.1 Å². The molecule has 0 fully saturated rings. The molecule has 3 aromatic carbocycles. The summed E-state index contributed by atoms with van der Waals surface area (Å²) in [5.41, 5.74) is 6.81. The molecular weight excluding hydrogens is 472 g/mol. The number of rotatable bonds is 2. The van der Waals surface area contributed by atoms with Crippen molar-refractivity contribution in [2.24, 2.45) is 0 Å². The molecule has 0 unspecified atom stereocenters. The van der Waals surface area contributed by atoms with Crippen LogP contribution in [0.4, 0.5) is 0 Å². The first-order chi connectivity index (χ1) is 11.3. The standard InChI is InChI=1S/C21H17N2.Ir/c1-15-9-8-10-16(2)20(15)23-19-14-7-6-13-18(19)22-21(23)17-11-4-3-5-12-17;/h3-11,13-14H,1-2H3;/q-1;. The molecule has 2 nitrogen and oxygen atoms in total. The molecule has 0 aliphatic rings. The smallest absolute Gasteiger partial charge is 0.0774 e. The van der Waals surface area contributed by atoms with Crippen LogP contribution in [-0.2, 0) is 20.1 Å². The van der Waals surface area contributed by atoms with E-state index < -0.39 is 0 Å². The van der Waals surface area contributed by atoms with E-state index in [0.29, 0.717) is 0 Å². The molecule has 0 spiro atoms. The van der Waals surface area contributed by atoms with Gasteiger partial charge in [0.15, 0.2) is 0 Å². The fraction of sp³-hybridized carbons (Fsp3) is 0.0952. The number of nitrogens with zero attached hydrogens (tertiary/aromatic N) is 2. The van der Waals surface area contributed by atoms with E-state index in [-0.39, 0.29) is 20.1 Å². The first kappa shape index (κ1) is 16.6. The minimum Gasteiger partial charge on any atom is -0.333 e. The molecule has 0 N–H and O–H groups in total. The molecule has 121 valence electrons. The van der Waals surface area contributed by atoms with E-state index in [2.05, 4.69) is 66.9 Å². The van der Waals surface area contributed by atoms with Crippen molar-refractivity contribution in [3.63, 3.8) is 0 Å². The third kappa shape index (κ3) is 2.71. The van der Waals surface area contributed by atoms with E-state index in [9.17, 15) is 0 Å². The monoisotopic (exact) mass is 490 g/mol. The van der Waals surface area contributed by atoms with Gasteiger partial charge in [-0.3, -0.25) is 4.98 Å². The van der Waals surface area contributed by atoms with Crippen molar-refractivity contribution in [2.75, 3.05) is 0 Å². The fourth-order valence-corrected chi connectivity index (χ4v) is 3.12. The molecule has 0 bridgehead atoms. The van der Waals surface area contributed by atoms with Crippen LogP contribution < -0.4 is 0 Å². The fourth-order valence-electron chi connectivity index (χ4n) is 3.12. The van der Waals surface area contributed by atoms with E-state index in [0.717, 1.165) is 22.4 Å². The third-order valence-electron chi connectivity index (χ3n) is 4.17. The van der Waals surface area contributed by atoms with E-state index >= 15 is 0 Å². The summed E-state index contributed by atoms with van der Waals surface area (Å²) in [7, 11) is 0. The summed E-state index contributed by atoms with van der Waals surface area (Å²) in [6.07, 6.45) is 0. The summed E-state index contributed by atoms with van der Waals surface area (Å²) in [4.78, 5) is 4.87. The Morgan fingerprint density at radius 1 is 0.833 bits per heavy atom. The van der Waals surface area contributed by atoms with Crippen molar-refractivity contribution in [3.8, 4) is 17.1 Å². The molecule has 0 amide bonds. The first-order valence-electron chi connectivity index (χ1n) is 7.77. The van der Waals surface area contributed by atoms with Gasteiger partial charge in [0.2, 0.25) is 0 Å². The van der Waals surface area contributed by atoms with Crippen LogP contribution in [0.5, 0.6) is 0 Å². The number of hydrogen-bond acceptors (Lipinski definition) is 1. The summed E-state index contributed by atoms with van der Waals surface area (Å²) in [5.74, 6) is 0.934. The zero-order valence-corrected chi connectivity index (χ0v) is 16.0. The van der Waals surface area contributed by atoms with Gasteiger partial charge in [0, 0.05) is 25.8 Å². The molecule has 4 aromatic rings. The number of hydrogen-bond donors (Lipinski definition) is 0. The number of aryl methyl sites for hydroxylation is 2. The second-order valence-electron chi connectivity index (χ2n) is 5.78. The molecule has 24 heavy (non-hydrogen) atoms. The van der Waals surface area contributed by atoms with E-state index in [1.54, 1.807) is 0 Å². The quantitative estimate of drug-likeness (QED) is 0.358. The van der Waals surface area contributed by atoms with Gasteiger partial charge in [0.05, 0.1) is 16.9 Å². The molecule has 0 saturated heterocycles. The van der Waals surface area contributed by atoms with Gasteiger partial charge in [-0.05, 0) is 37.1 Å². The molecule has 1 radical (unpaired) electrons. The SMILES string of the molecule is Cc1cccc(C)c1-n1c(-c2[c-]cccc2)nc2ccccc21.[Ir]. The summed E-state index contributed by atoms with van der Waals surface area (Å²) >= 11 is 0. The Kier molecular flexibility index (Phi) is 4.66. The van der Waals surface area contributed by atoms with Crippen LogP contribution in [0.25, 0.3) is 28.1 Å². The van der Waals surface area contributed by atoms with Gasteiger partial charge in [0.25, 0.3) is 0 Å². The third-order valence-corrected chi connectivity index (χ3v) is 4.17.